The number of allylic oxidation sites excluding steroid dienone is 1. The van der Waals surface area contributed by atoms with E-state index >= 15 is 0 Å². The standard InChI is InChI=1S/C35H33ClF3N5O4/c1-23-20-24(15-18-40-23)7-11-27(45)6-4-2-3-5-17-42-33(46)32-22-29(16-19-41-32)48-28-12-8-25(9-13-28)43-34(47)44-26-10-14-31(36)30(21-26)35(37,38)39/h7-16,18-22H,2-6,17H2,1H3,(H,42,46)(H2,43,44,47). The average Bonchev–Trinajstić information content (AvgIpc) is 3.04. The van der Waals surface area contributed by atoms with Gasteiger partial charge in [-0.25, -0.2) is 4.79 Å². The van der Waals surface area contributed by atoms with Crippen LogP contribution in [0.25, 0.3) is 6.08 Å². The topological polar surface area (TPSA) is 122 Å². The Morgan fingerprint density at radius 2 is 1.54 bits per heavy atom. The van der Waals surface area contributed by atoms with Crippen molar-refractivity contribution in [2.45, 2.75) is 45.2 Å². The van der Waals surface area contributed by atoms with Crippen molar-refractivity contribution in [1.82, 2.24) is 15.3 Å². The second-order valence-electron chi connectivity index (χ2n) is 10.7. The minimum Gasteiger partial charge on any atom is -0.457 e. The number of aryl methyl sites for hydroxylation is 1. The third-order valence-electron chi connectivity index (χ3n) is 6.86. The van der Waals surface area contributed by atoms with Crippen LogP contribution < -0.4 is 20.7 Å². The SMILES string of the molecule is Cc1cc(C=CC(=O)CCCCCCNC(=O)c2cc(Oc3ccc(NC(=O)Nc4ccc(Cl)c(C(F)(F)F)c4)cc3)ccn2)ccn1. The molecule has 0 aliphatic carbocycles. The highest BCUT2D eigenvalue weighted by atomic mass is 35.5. The summed E-state index contributed by atoms with van der Waals surface area (Å²) in [5.41, 5.74) is 1.25. The van der Waals surface area contributed by atoms with E-state index in [1.165, 1.54) is 18.3 Å². The molecule has 0 spiro atoms. The third kappa shape index (κ3) is 11.5. The smallest absolute Gasteiger partial charge is 0.417 e. The number of carbonyl (C=O) groups is 3. The van der Waals surface area contributed by atoms with Gasteiger partial charge >= 0.3 is 12.2 Å². The van der Waals surface area contributed by atoms with Crippen LogP contribution in [0.2, 0.25) is 5.02 Å². The van der Waals surface area contributed by atoms with Crippen molar-refractivity contribution in [3.8, 4) is 11.5 Å². The minimum absolute atomic E-state index is 0.0739. The Hall–Kier alpha value is -5.23. The summed E-state index contributed by atoms with van der Waals surface area (Å²) >= 11 is 5.62. The number of benzene rings is 2. The van der Waals surface area contributed by atoms with E-state index in [-0.39, 0.29) is 23.1 Å². The lowest BCUT2D eigenvalue weighted by molar-refractivity contribution is -0.137. The van der Waals surface area contributed by atoms with Crippen LogP contribution in [-0.4, -0.2) is 34.2 Å². The predicted molar refractivity (Wildman–Crippen MR) is 178 cm³/mol. The molecule has 0 aliphatic heterocycles. The van der Waals surface area contributed by atoms with E-state index in [0.717, 1.165) is 49.1 Å². The summed E-state index contributed by atoms with van der Waals surface area (Å²) in [6.45, 7) is 2.36. The summed E-state index contributed by atoms with van der Waals surface area (Å²) in [6, 6.07) is 15.4. The highest BCUT2D eigenvalue weighted by molar-refractivity contribution is 6.31. The van der Waals surface area contributed by atoms with Crippen molar-refractivity contribution >= 4 is 46.8 Å². The van der Waals surface area contributed by atoms with Crippen molar-refractivity contribution in [2.24, 2.45) is 0 Å². The van der Waals surface area contributed by atoms with Gasteiger partial charge in [-0.2, -0.15) is 13.2 Å². The molecule has 0 atom stereocenters. The molecule has 0 bridgehead atoms. The van der Waals surface area contributed by atoms with Crippen LogP contribution in [0.4, 0.5) is 29.3 Å². The molecular weight excluding hydrogens is 647 g/mol. The predicted octanol–water partition coefficient (Wildman–Crippen LogP) is 8.86. The minimum atomic E-state index is -4.66. The largest absolute Gasteiger partial charge is 0.457 e. The van der Waals surface area contributed by atoms with Crippen LogP contribution in [-0.2, 0) is 11.0 Å². The van der Waals surface area contributed by atoms with Crippen LogP contribution in [0.5, 0.6) is 11.5 Å². The van der Waals surface area contributed by atoms with E-state index in [2.05, 4.69) is 25.9 Å². The zero-order valence-electron chi connectivity index (χ0n) is 25.9. The number of halogens is 4. The number of ether oxygens (including phenoxy) is 1. The lowest BCUT2D eigenvalue weighted by Crippen LogP contribution is -2.25. The van der Waals surface area contributed by atoms with Gasteiger partial charge in [-0.1, -0.05) is 30.5 Å². The van der Waals surface area contributed by atoms with Crippen LogP contribution in [0.3, 0.4) is 0 Å². The molecule has 0 unspecified atom stereocenters. The van der Waals surface area contributed by atoms with Crippen molar-refractivity contribution in [1.29, 1.82) is 0 Å². The number of pyridine rings is 2. The maximum atomic E-state index is 13.1. The Morgan fingerprint density at radius 1 is 0.833 bits per heavy atom. The van der Waals surface area contributed by atoms with Gasteiger partial charge in [-0.3, -0.25) is 19.6 Å². The second kappa shape index (κ2) is 17.1. The molecule has 0 saturated carbocycles. The fraction of sp³-hybridized carbons (Fsp3) is 0.229. The molecule has 4 aromatic rings. The Morgan fingerprint density at radius 3 is 2.29 bits per heavy atom. The molecule has 3 amide bonds. The number of carbonyl (C=O) groups excluding carboxylic acids is 3. The van der Waals surface area contributed by atoms with Gasteiger partial charge in [0.05, 0.1) is 10.6 Å². The fourth-order valence-corrected chi connectivity index (χ4v) is 4.69. The number of alkyl halides is 3. The van der Waals surface area contributed by atoms with Crippen molar-refractivity contribution in [2.75, 3.05) is 17.2 Å². The van der Waals surface area contributed by atoms with Gasteiger partial charge in [0.15, 0.2) is 5.78 Å². The molecule has 48 heavy (non-hydrogen) atoms. The number of hydrogen-bond acceptors (Lipinski definition) is 6. The number of amides is 3. The zero-order chi connectivity index (χ0) is 34.5. The van der Waals surface area contributed by atoms with Gasteiger partial charge in [0.1, 0.15) is 17.2 Å². The number of aromatic nitrogens is 2. The maximum absolute atomic E-state index is 13.1. The Labute approximate surface area is 280 Å². The van der Waals surface area contributed by atoms with E-state index in [1.54, 1.807) is 48.7 Å². The number of nitrogens with zero attached hydrogens (tertiary/aromatic N) is 2. The molecule has 2 aromatic carbocycles. The Balaban J connectivity index is 1.16. The molecule has 3 N–H and O–H groups in total. The number of anilines is 2. The van der Waals surface area contributed by atoms with Gasteiger partial charge in [-0.05, 0) is 92.1 Å². The van der Waals surface area contributed by atoms with Crippen LogP contribution in [0.1, 0.15) is 59.4 Å². The van der Waals surface area contributed by atoms with Gasteiger partial charge in [-0.15, -0.1) is 0 Å². The number of rotatable bonds is 14. The summed E-state index contributed by atoms with van der Waals surface area (Å²) in [5, 5.41) is 7.24. The van der Waals surface area contributed by atoms with Crippen molar-refractivity contribution in [3.63, 3.8) is 0 Å². The zero-order valence-corrected chi connectivity index (χ0v) is 26.7. The van der Waals surface area contributed by atoms with Crippen LogP contribution in [0.15, 0.2) is 85.2 Å². The molecule has 2 aromatic heterocycles. The number of ketones is 1. The van der Waals surface area contributed by atoms with Gasteiger partial charge in [0.25, 0.3) is 5.91 Å². The van der Waals surface area contributed by atoms with E-state index in [0.29, 0.717) is 30.2 Å². The highest BCUT2D eigenvalue weighted by Gasteiger charge is 2.33. The highest BCUT2D eigenvalue weighted by Crippen LogP contribution is 2.36. The van der Waals surface area contributed by atoms with Gasteiger partial charge < -0.3 is 20.7 Å². The Bertz CT molecular complexity index is 1760. The van der Waals surface area contributed by atoms with Gasteiger partial charge in [0, 0.05) is 48.5 Å². The second-order valence-corrected chi connectivity index (χ2v) is 11.1. The summed E-state index contributed by atoms with van der Waals surface area (Å²) < 4.78 is 45.1. The third-order valence-corrected chi connectivity index (χ3v) is 7.19. The van der Waals surface area contributed by atoms with Crippen molar-refractivity contribution in [3.05, 3.63) is 113 Å². The summed E-state index contributed by atoms with van der Waals surface area (Å²) in [5.74, 6) is 0.507. The van der Waals surface area contributed by atoms with Crippen molar-refractivity contribution < 1.29 is 32.3 Å². The van der Waals surface area contributed by atoms with E-state index in [9.17, 15) is 27.6 Å². The van der Waals surface area contributed by atoms with Crippen LogP contribution in [0, 0.1) is 6.92 Å². The molecule has 9 nitrogen and oxygen atoms in total. The van der Waals surface area contributed by atoms with E-state index < -0.39 is 22.8 Å². The molecule has 250 valence electrons. The molecule has 0 saturated heterocycles. The quantitative estimate of drug-likeness (QED) is 0.0904. The Kier molecular flexibility index (Phi) is 12.7. The normalized spacial score (nSPS) is 11.3. The van der Waals surface area contributed by atoms with Crippen LogP contribution >= 0.6 is 11.6 Å². The summed E-state index contributed by atoms with van der Waals surface area (Å²) in [7, 11) is 0. The summed E-state index contributed by atoms with van der Waals surface area (Å²) in [4.78, 5) is 45.3. The first kappa shape index (κ1) is 35.6. The van der Waals surface area contributed by atoms with E-state index in [4.69, 9.17) is 16.3 Å². The summed E-state index contributed by atoms with van der Waals surface area (Å²) in [6.07, 6.45) is 5.63. The average molecular weight is 680 g/mol. The molecule has 0 radical (unpaired) electrons. The fourth-order valence-electron chi connectivity index (χ4n) is 4.47. The number of urea groups is 1. The number of hydrogen-bond donors (Lipinski definition) is 3. The number of nitrogens with one attached hydrogen (secondary N) is 3. The molecule has 13 heteroatoms. The molecule has 0 aliphatic rings. The first-order chi connectivity index (χ1) is 23.0. The maximum Gasteiger partial charge on any atom is 0.417 e. The first-order valence-electron chi connectivity index (χ1n) is 15.1. The molecular formula is C35H33ClF3N5O4. The van der Waals surface area contributed by atoms with E-state index in [1.807, 2.05) is 19.1 Å². The lowest BCUT2D eigenvalue weighted by atomic mass is 10.1. The molecule has 0 fully saturated rings. The molecule has 4 rings (SSSR count). The lowest BCUT2D eigenvalue weighted by Gasteiger charge is -2.12. The first-order valence-corrected chi connectivity index (χ1v) is 15.4. The monoisotopic (exact) mass is 679 g/mol. The number of unbranched alkanes of at least 4 members (excludes halogenated alkanes) is 3. The molecule has 2 heterocycles. The van der Waals surface area contributed by atoms with Gasteiger partial charge in [0.2, 0.25) is 0 Å².